The number of likely N-dealkylation sites (tertiary alicyclic amines) is 1. The molecule has 2 rings (SSSR count). The Bertz CT molecular complexity index is 487. The fraction of sp³-hybridized carbons (Fsp3) is 0.632. The van der Waals surface area contributed by atoms with Gasteiger partial charge in [-0.3, -0.25) is 0 Å². The van der Waals surface area contributed by atoms with E-state index in [1.165, 1.54) is 0 Å². The van der Waals surface area contributed by atoms with Crippen molar-refractivity contribution in [2.45, 2.75) is 38.3 Å². The van der Waals surface area contributed by atoms with Gasteiger partial charge in [-0.1, -0.05) is 30.3 Å². The summed E-state index contributed by atoms with van der Waals surface area (Å²) in [7, 11) is 3.85. The van der Waals surface area contributed by atoms with Gasteiger partial charge in [0.2, 0.25) is 0 Å². The minimum absolute atomic E-state index is 0.00916. The number of piperidine rings is 1. The van der Waals surface area contributed by atoms with Gasteiger partial charge in [-0.2, -0.15) is 0 Å². The van der Waals surface area contributed by atoms with Crippen molar-refractivity contribution in [2.75, 3.05) is 40.4 Å². The maximum absolute atomic E-state index is 12.9. The van der Waals surface area contributed by atoms with Crippen molar-refractivity contribution < 1.29 is 9.53 Å². The van der Waals surface area contributed by atoms with Crippen LogP contribution in [0.4, 0.5) is 4.79 Å². The van der Waals surface area contributed by atoms with Crippen LogP contribution in [-0.2, 0) is 4.74 Å². The third-order valence-electron chi connectivity index (χ3n) is 4.78. The van der Waals surface area contributed by atoms with Crippen LogP contribution < -0.4 is 5.32 Å². The smallest absolute Gasteiger partial charge is 0.318 e. The van der Waals surface area contributed by atoms with Gasteiger partial charge in [0.15, 0.2) is 0 Å². The minimum Gasteiger partial charge on any atom is -0.385 e. The first kappa shape index (κ1) is 18.7. The van der Waals surface area contributed by atoms with Crippen molar-refractivity contribution in [3.63, 3.8) is 0 Å². The predicted molar refractivity (Wildman–Crippen MR) is 97.1 cm³/mol. The first-order valence-electron chi connectivity index (χ1n) is 8.91. The molecule has 0 aliphatic carbocycles. The molecule has 1 saturated heterocycles. The van der Waals surface area contributed by atoms with Gasteiger partial charge in [-0.15, -0.1) is 0 Å². The minimum atomic E-state index is 0.00916. The van der Waals surface area contributed by atoms with Gasteiger partial charge in [0.05, 0.1) is 6.04 Å². The summed E-state index contributed by atoms with van der Waals surface area (Å²) in [6, 6.07) is 10.5. The summed E-state index contributed by atoms with van der Waals surface area (Å²) in [5.41, 5.74) is 1.13. The lowest BCUT2D eigenvalue weighted by Gasteiger charge is -2.38. The van der Waals surface area contributed by atoms with Crippen LogP contribution in [0, 0.1) is 0 Å². The van der Waals surface area contributed by atoms with Gasteiger partial charge in [-0.05, 0) is 51.9 Å². The van der Waals surface area contributed by atoms with E-state index in [4.69, 9.17) is 4.74 Å². The third kappa shape index (κ3) is 5.49. The summed E-state index contributed by atoms with van der Waals surface area (Å²) < 4.78 is 5.16. The highest BCUT2D eigenvalue weighted by Crippen LogP contribution is 2.18. The lowest BCUT2D eigenvalue weighted by molar-refractivity contribution is 0.117. The Morgan fingerprint density at radius 2 is 2.00 bits per heavy atom. The van der Waals surface area contributed by atoms with Gasteiger partial charge in [0, 0.05) is 26.3 Å². The molecule has 1 aromatic carbocycles. The summed E-state index contributed by atoms with van der Waals surface area (Å²) in [6.45, 7) is 5.56. The van der Waals surface area contributed by atoms with Gasteiger partial charge >= 0.3 is 6.03 Å². The number of ether oxygens (including phenoxy) is 1. The molecule has 0 bridgehead atoms. The molecular weight excluding hydrogens is 302 g/mol. The molecule has 134 valence electrons. The Kier molecular flexibility index (Phi) is 7.53. The van der Waals surface area contributed by atoms with E-state index in [1.54, 1.807) is 7.11 Å². The Labute approximate surface area is 146 Å². The Balaban J connectivity index is 1.97. The second-order valence-electron chi connectivity index (χ2n) is 6.66. The van der Waals surface area contributed by atoms with Crippen molar-refractivity contribution in [1.82, 2.24) is 15.1 Å². The molecule has 1 aliphatic heterocycles. The van der Waals surface area contributed by atoms with Crippen LogP contribution in [0.5, 0.6) is 0 Å². The van der Waals surface area contributed by atoms with Crippen LogP contribution in [0.1, 0.15) is 37.8 Å². The van der Waals surface area contributed by atoms with Crippen LogP contribution in [0.25, 0.3) is 0 Å². The number of hydrogen-bond donors (Lipinski definition) is 1. The maximum Gasteiger partial charge on any atom is 0.318 e. The molecule has 1 aromatic rings. The number of benzene rings is 1. The molecule has 1 heterocycles. The summed E-state index contributed by atoms with van der Waals surface area (Å²) in [4.78, 5) is 17.2. The highest BCUT2D eigenvalue weighted by molar-refractivity contribution is 5.75. The number of hydrogen-bond acceptors (Lipinski definition) is 3. The first-order valence-corrected chi connectivity index (χ1v) is 8.91. The monoisotopic (exact) mass is 333 g/mol. The molecule has 1 fully saturated rings. The average molecular weight is 333 g/mol. The molecule has 1 aliphatic rings. The van der Waals surface area contributed by atoms with Crippen LogP contribution >= 0.6 is 0 Å². The van der Waals surface area contributed by atoms with E-state index in [0.717, 1.165) is 44.5 Å². The second kappa shape index (κ2) is 9.64. The van der Waals surface area contributed by atoms with Crippen LogP contribution in [0.3, 0.4) is 0 Å². The van der Waals surface area contributed by atoms with Gasteiger partial charge < -0.3 is 19.9 Å². The average Bonchev–Trinajstić information content (AvgIpc) is 2.60. The largest absolute Gasteiger partial charge is 0.385 e. The molecule has 24 heavy (non-hydrogen) atoms. The number of amides is 2. The number of methoxy groups -OCH3 is 1. The van der Waals surface area contributed by atoms with Crippen LogP contribution in [-0.4, -0.2) is 62.3 Å². The fourth-order valence-corrected chi connectivity index (χ4v) is 3.23. The van der Waals surface area contributed by atoms with Crippen LogP contribution in [0.2, 0.25) is 0 Å². The van der Waals surface area contributed by atoms with E-state index in [9.17, 15) is 4.79 Å². The first-order chi connectivity index (χ1) is 11.6. The Morgan fingerprint density at radius 1 is 1.33 bits per heavy atom. The maximum atomic E-state index is 12.9. The highest BCUT2D eigenvalue weighted by atomic mass is 16.5. The normalized spacial score (nSPS) is 17.5. The second-order valence-corrected chi connectivity index (χ2v) is 6.66. The molecule has 5 nitrogen and oxygen atoms in total. The molecular formula is C19H31N3O2. The van der Waals surface area contributed by atoms with E-state index in [-0.39, 0.29) is 12.1 Å². The fourth-order valence-electron chi connectivity index (χ4n) is 3.23. The molecule has 1 N–H and O–H groups in total. The zero-order valence-electron chi connectivity index (χ0n) is 15.2. The predicted octanol–water partition coefficient (Wildman–Crippen LogP) is 2.89. The molecule has 0 spiro atoms. The van der Waals surface area contributed by atoms with E-state index in [2.05, 4.69) is 29.4 Å². The van der Waals surface area contributed by atoms with Crippen molar-refractivity contribution >= 4 is 6.03 Å². The Hall–Kier alpha value is -1.59. The zero-order chi connectivity index (χ0) is 17.4. The topological polar surface area (TPSA) is 44.8 Å². The van der Waals surface area contributed by atoms with Gasteiger partial charge in [0.25, 0.3) is 0 Å². The van der Waals surface area contributed by atoms with Gasteiger partial charge in [0.1, 0.15) is 0 Å². The van der Waals surface area contributed by atoms with E-state index >= 15 is 0 Å². The molecule has 0 aromatic heterocycles. The lowest BCUT2D eigenvalue weighted by atomic mass is 10.0. The van der Waals surface area contributed by atoms with Crippen molar-refractivity contribution in [2.24, 2.45) is 0 Å². The number of urea groups is 1. The van der Waals surface area contributed by atoms with E-state index in [0.29, 0.717) is 12.6 Å². The van der Waals surface area contributed by atoms with E-state index in [1.807, 2.05) is 30.0 Å². The van der Waals surface area contributed by atoms with Crippen molar-refractivity contribution in [3.8, 4) is 0 Å². The molecule has 1 atom stereocenters. The summed E-state index contributed by atoms with van der Waals surface area (Å²) in [6.07, 6.45) is 2.95. The van der Waals surface area contributed by atoms with Crippen LogP contribution in [0.15, 0.2) is 30.3 Å². The number of nitrogens with one attached hydrogen (secondary N) is 1. The molecule has 2 amide bonds. The van der Waals surface area contributed by atoms with E-state index < -0.39 is 0 Å². The summed E-state index contributed by atoms with van der Waals surface area (Å²) in [5.74, 6) is 0. The summed E-state index contributed by atoms with van der Waals surface area (Å²) >= 11 is 0. The zero-order valence-corrected chi connectivity index (χ0v) is 15.2. The SMILES string of the molecule is COCCCN(C(=O)NC(C)c1ccccc1)C1CCN(C)CC1. The number of carbonyl (C=O) groups is 1. The quantitative estimate of drug-likeness (QED) is 0.781. The molecule has 1 unspecified atom stereocenters. The lowest BCUT2D eigenvalue weighted by Crippen LogP contribution is -2.51. The van der Waals surface area contributed by atoms with Crippen molar-refractivity contribution in [3.05, 3.63) is 35.9 Å². The third-order valence-corrected chi connectivity index (χ3v) is 4.78. The van der Waals surface area contributed by atoms with Crippen molar-refractivity contribution in [1.29, 1.82) is 0 Å². The standard InChI is InChI=1S/C19H31N3O2/c1-16(17-8-5-4-6-9-17)20-19(23)22(12-7-15-24-3)18-10-13-21(2)14-11-18/h4-6,8-9,16,18H,7,10-15H2,1-3H3,(H,20,23). The highest BCUT2D eigenvalue weighted by Gasteiger charge is 2.27. The Morgan fingerprint density at radius 3 is 2.62 bits per heavy atom. The number of rotatable bonds is 7. The molecule has 5 heteroatoms. The number of nitrogens with zero attached hydrogens (tertiary/aromatic N) is 2. The van der Waals surface area contributed by atoms with Gasteiger partial charge in [-0.25, -0.2) is 4.79 Å². The number of carbonyl (C=O) groups excluding carboxylic acids is 1. The summed E-state index contributed by atoms with van der Waals surface area (Å²) in [5, 5.41) is 3.16. The molecule has 0 radical (unpaired) electrons. The molecule has 0 saturated carbocycles.